The molecular weight excluding hydrogens is 244 g/mol. The van der Waals surface area contributed by atoms with Gasteiger partial charge in [-0.1, -0.05) is 0 Å². The minimum Gasteiger partial charge on any atom is -0.497 e. The first-order valence-electron chi connectivity index (χ1n) is 5.87. The van der Waals surface area contributed by atoms with Gasteiger partial charge in [0.05, 0.1) is 26.0 Å². The van der Waals surface area contributed by atoms with Crippen LogP contribution in [0.25, 0.3) is 0 Å². The summed E-state index contributed by atoms with van der Waals surface area (Å²) in [6, 6.07) is 7.34. The van der Waals surface area contributed by atoms with E-state index < -0.39 is 0 Å². The van der Waals surface area contributed by atoms with Gasteiger partial charge in [0, 0.05) is 24.9 Å². The zero-order valence-electron chi connectivity index (χ0n) is 11.3. The number of aryl methyl sites for hydroxylation is 1. The smallest absolute Gasteiger partial charge is 0.127 e. The van der Waals surface area contributed by atoms with Gasteiger partial charge in [-0.2, -0.15) is 5.10 Å². The third-order valence-electron chi connectivity index (χ3n) is 3.07. The molecule has 0 fully saturated rings. The summed E-state index contributed by atoms with van der Waals surface area (Å²) in [6.45, 7) is 0. The lowest BCUT2D eigenvalue weighted by molar-refractivity contribution is 0.386. The second kappa shape index (κ2) is 5.73. The number of hydrogen-bond acceptors (Lipinski definition) is 5. The van der Waals surface area contributed by atoms with E-state index in [2.05, 4.69) is 10.5 Å². The summed E-state index contributed by atoms with van der Waals surface area (Å²) in [4.78, 5) is 0. The van der Waals surface area contributed by atoms with E-state index in [4.69, 9.17) is 15.3 Å². The standard InChI is InChI=1S/C13H18N4O2/c1-17-11(6-7-15-17)13(16-14)10-5-4-9(18-2)8-12(10)19-3/h4-8,13,16H,14H2,1-3H3. The fourth-order valence-corrected chi connectivity index (χ4v) is 2.06. The van der Waals surface area contributed by atoms with E-state index in [0.717, 1.165) is 17.0 Å². The third-order valence-corrected chi connectivity index (χ3v) is 3.07. The van der Waals surface area contributed by atoms with Gasteiger partial charge in [-0.05, 0) is 18.2 Å². The van der Waals surface area contributed by atoms with Gasteiger partial charge in [0.2, 0.25) is 0 Å². The number of hydrogen-bond donors (Lipinski definition) is 2. The van der Waals surface area contributed by atoms with Gasteiger partial charge in [-0.15, -0.1) is 0 Å². The Bertz CT molecular complexity index is 553. The molecule has 0 aliphatic carbocycles. The third kappa shape index (κ3) is 2.54. The molecular formula is C13H18N4O2. The molecule has 102 valence electrons. The molecule has 2 rings (SSSR count). The Kier molecular flexibility index (Phi) is 4.03. The summed E-state index contributed by atoms with van der Waals surface area (Å²) in [5.74, 6) is 7.13. The summed E-state index contributed by atoms with van der Waals surface area (Å²) in [5, 5.41) is 4.16. The molecule has 6 nitrogen and oxygen atoms in total. The average molecular weight is 262 g/mol. The maximum atomic E-state index is 5.68. The summed E-state index contributed by atoms with van der Waals surface area (Å²) in [5.41, 5.74) is 4.67. The summed E-state index contributed by atoms with van der Waals surface area (Å²) >= 11 is 0. The van der Waals surface area contributed by atoms with Crippen molar-refractivity contribution in [1.82, 2.24) is 15.2 Å². The average Bonchev–Trinajstić information content (AvgIpc) is 2.86. The lowest BCUT2D eigenvalue weighted by atomic mass is 10.0. The van der Waals surface area contributed by atoms with E-state index in [0.29, 0.717) is 5.75 Å². The van der Waals surface area contributed by atoms with Crippen molar-refractivity contribution in [3.63, 3.8) is 0 Å². The Labute approximate surface area is 112 Å². The number of benzene rings is 1. The molecule has 3 N–H and O–H groups in total. The highest BCUT2D eigenvalue weighted by molar-refractivity contribution is 5.45. The molecule has 0 spiro atoms. The summed E-state index contributed by atoms with van der Waals surface area (Å²) in [7, 11) is 5.11. The van der Waals surface area contributed by atoms with Crippen molar-refractivity contribution in [3.05, 3.63) is 41.7 Å². The van der Waals surface area contributed by atoms with E-state index in [1.807, 2.05) is 31.3 Å². The van der Waals surface area contributed by atoms with Crippen LogP contribution in [-0.2, 0) is 7.05 Å². The molecule has 0 saturated carbocycles. The van der Waals surface area contributed by atoms with Crippen molar-refractivity contribution < 1.29 is 9.47 Å². The fourth-order valence-electron chi connectivity index (χ4n) is 2.06. The van der Waals surface area contributed by atoms with Crippen molar-refractivity contribution in [3.8, 4) is 11.5 Å². The Morgan fingerprint density at radius 2 is 2.05 bits per heavy atom. The van der Waals surface area contributed by atoms with Crippen molar-refractivity contribution in [1.29, 1.82) is 0 Å². The van der Waals surface area contributed by atoms with E-state index in [9.17, 15) is 0 Å². The van der Waals surface area contributed by atoms with Crippen LogP contribution in [0.5, 0.6) is 11.5 Å². The first-order valence-corrected chi connectivity index (χ1v) is 5.87. The van der Waals surface area contributed by atoms with Crippen LogP contribution in [0, 0.1) is 0 Å². The van der Waals surface area contributed by atoms with Gasteiger partial charge >= 0.3 is 0 Å². The zero-order valence-corrected chi connectivity index (χ0v) is 11.3. The Balaban J connectivity index is 2.46. The molecule has 19 heavy (non-hydrogen) atoms. The largest absolute Gasteiger partial charge is 0.497 e. The van der Waals surface area contributed by atoms with Gasteiger partial charge in [-0.25, -0.2) is 5.43 Å². The van der Waals surface area contributed by atoms with Crippen LogP contribution < -0.4 is 20.7 Å². The number of nitrogens with two attached hydrogens (primary N) is 1. The monoisotopic (exact) mass is 262 g/mol. The van der Waals surface area contributed by atoms with E-state index in [1.165, 1.54) is 0 Å². The van der Waals surface area contributed by atoms with Crippen LogP contribution in [0.15, 0.2) is 30.5 Å². The fraction of sp³-hybridized carbons (Fsp3) is 0.308. The number of rotatable bonds is 5. The summed E-state index contributed by atoms with van der Waals surface area (Å²) in [6.07, 6.45) is 1.73. The van der Waals surface area contributed by atoms with Crippen molar-refractivity contribution in [2.75, 3.05) is 14.2 Å². The molecule has 6 heteroatoms. The first kappa shape index (κ1) is 13.4. The molecule has 1 aromatic heterocycles. The van der Waals surface area contributed by atoms with Gasteiger partial charge in [0.25, 0.3) is 0 Å². The van der Waals surface area contributed by atoms with Gasteiger partial charge in [0.1, 0.15) is 11.5 Å². The number of hydrazine groups is 1. The molecule has 0 bridgehead atoms. The lowest BCUT2D eigenvalue weighted by Gasteiger charge is -2.19. The number of ether oxygens (including phenoxy) is 2. The molecule has 1 unspecified atom stereocenters. The first-order chi connectivity index (χ1) is 9.21. The quantitative estimate of drug-likeness (QED) is 0.621. The predicted octanol–water partition coefficient (Wildman–Crippen LogP) is 0.990. The van der Waals surface area contributed by atoms with Crippen LogP contribution >= 0.6 is 0 Å². The Morgan fingerprint density at radius 3 is 2.58 bits per heavy atom. The van der Waals surface area contributed by atoms with Crippen molar-refractivity contribution in [2.24, 2.45) is 12.9 Å². The van der Waals surface area contributed by atoms with Gasteiger partial charge < -0.3 is 9.47 Å². The second-order valence-electron chi connectivity index (χ2n) is 4.09. The maximum absolute atomic E-state index is 5.68. The molecule has 0 aliphatic rings. The molecule has 2 aromatic rings. The maximum Gasteiger partial charge on any atom is 0.127 e. The molecule has 0 radical (unpaired) electrons. The minimum atomic E-state index is -0.201. The van der Waals surface area contributed by atoms with Gasteiger partial charge in [0.15, 0.2) is 0 Å². The van der Waals surface area contributed by atoms with Gasteiger partial charge in [-0.3, -0.25) is 10.5 Å². The highest BCUT2D eigenvalue weighted by Gasteiger charge is 2.20. The Hall–Kier alpha value is -2.05. The van der Waals surface area contributed by atoms with Crippen LogP contribution in [0.2, 0.25) is 0 Å². The topological polar surface area (TPSA) is 74.3 Å². The van der Waals surface area contributed by atoms with E-state index in [-0.39, 0.29) is 6.04 Å². The second-order valence-corrected chi connectivity index (χ2v) is 4.09. The van der Waals surface area contributed by atoms with E-state index in [1.54, 1.807) is 25.1 Å². The number of aromatic nitrogens is 2. The SMILES string of the molecule is COc1ccc(C(NN)c2ccnn2C)c(OC)c1. The number of methoxy groups -OCH3 is 2. The molecule has 0 amide bonds. The van der Waals surface area contributed by atoms with Crippen LogP contribution in [-0.4, -0.2) is 24.0 Å². The zero-order chi connectivity index (χ0) is 13.8. The molecule has 1 aromatic carbocycles. The minimum absolute atomic E-state index is 0.201. The van der Waals surface area contributed by atoms with Crippen molar-refractivity contribution in [2.45, 2.75) is 6.04 Å². The molecule has 0 saturated heterocycles. The van der Waals surface area contributed by atoms with Crippen LogP contribution in [0.1, 0.15) is 17.3 Å². The van der Waals surface area contributed by atoms with E-state index >= 15 is 0 Å². The normalized spacial score (nSPS) is 12.2. The highest BCUT2D eigenvalue weighted by atomic mass is 16.5. The Morgan fingerprint density at radius 1 is 1.26 bits per heavy atom. The van der Waals surface area contributed by atoms with Crippen LogP contribution in [0.4, 0.5) is 0 Å². The predicted molar refractivity (Wildman–Crippen MR) is 71.9 cm³/mol. The molecule has 1 atom stereocenters. The summed E-state index contributed by atoms with van der Waals surface area (Å²) < 4.78 is 12.4. The highest BCUT2D eigenvalue weighted by Crippen LogP contribution is 2.32. The number of nitrogens with one attached hydrogen (secondary N) is 1. The molecule has 0 aliphatic heterocycles. The van der Waals surface area contributed by atoms with Crippen molar-refractivity contribution >= 4 is 0 Å². The van der Waals surface area contributed by atoms with Crippen LogP contribution in [0.3, 0.4) is 0 Å². The number of nitrogens with zero attached hydrogens (tertiary/aromatic N) is 2. The lowest BCUT2D eigenvalue weighted by Crippen LogP contribution is -2.30. The molecule has 1 heterocycles.